The van der Waals surface area contributed by atoms with E-state index < -0.39 is 10.9 Å². The zero-order valence-electron chi connectivity index (χ0n) is 9.88. The molecule has 0 aliphatic heterocycles. The van der Waals surface area contributed by atoms with E-state index in [0.717, 1.165) is 10.5 Å². The Kier molecular flexibility index (Phi) is 4.36. The molecule has 0 aliphatic carbocycles. The van der Waals surface area contributed by atoms with Gasteiger partial charge in [0.05, 0.1) is 10.5 Å². The highest BCUT2D eigenvalue weighted by molar-refractivity contribution is 9.10. The number of hydrogen-bond donors (Lipinski definition) is 0. The lowest BCUT2D eigenvalue weighted by atomic mass is 10.2. The van der Waals surface area contributed by atoms with Gasteiger partial charge in [-0.15, -0.1) is 0 Å². The van der Waals surface area contributed by atoms with E-state index in [0.29, 0.717) is 5.75 Å². The third kappa shape index (κ3) is 3.34. The van der Waals surface area contributed by atoms with Crippen molar-refractivity contribution in [3.05, 3.63) is 67.6 Å². The van der Waals surface area contributed by atoms with E-state index in [1.807, 2.05) is 0 Å². The number of halogens is 2. The fourth-order valence-corrected chi connectivity index (χ4v) is 1.90. The summed E-state index contributed by atoms with van der Waals surface area (Å²) < 4.78 is 5.95. The van der Waals surface area contributed by atoms with Gasteiger partial charge in [0.25, 0.3) is 5.69 Å². The zero-order valence-corrected chi connectivity index (χ0v) is 12.2. The van der Waals surface area contributed by atoms with Crippen LogP contribution in [0, 0.1) is 10.1 Å². The minimum absolute atomic E-state index is 0.0322. The Balaban J connectivity index is 2.23. The molecule has 0 aliphatic rings. The minimum Gasteiger partial charge on any atom is -0.423 e. The van der Waals surface area contributed by atoms with Crippen molar-refractivity contribution in [3.8, 4) is 5.75 Å². The van der Waals surface area contributed by atoms with Gasteiger partial charge in [0, 0.05) is 10.5 Å². The van der Waals surface area contributed by atoms with E-state index in [1.54, 1.807) is 24.3 Å². The summed E-state index contributed by atoms with van der Waals surface area (Å²) in [7, 11) is 0. The van der Waals surface area contributed by atoms with Gasteiger partial charge in [-0.2, -0.15) is 0 Å². The summed E-state index contributed by atoms with van der Waals surface area (Å²) in [5, 5.41) is 10.7. The lowest BCUT2D eigenvalue weighted by Gasteiger charge is -2.04. The summed E-state index contributed by atoms with van der Waals surface area (Å²) in [5.74, 6) is -0.345. The first-order chi connectivity index (χ1) is 9.47. The second-order valence-corrected chi connectivity index (χ2v) is 5.09. The van der Waals surface area contributed by atoms with Crippen molar-refractivity contribution >= 4 is 39.2 Å². The largest absolute Gasteiger partial charge is 0.423 e. The molecule has 0 heterocycles. The summed E-state index contributed by atoms with van der Waals surface area (Å²) in [5.41, 5.74) is -0.277. The summed E-state index contributed by atoms with van der Waals surface area (Å²) in [6.07, 6.45) is 0. The molecule has 0 N–H and O–H groups in total. The average Bonchev–Trinajstić information content (AvgIpc) is 2.41. The molecule has 0 bridgehead atoms. The Labute approximate surface area is 127 Å². The maximum Gasteiger partial charge on any atom is 0.343 e. The fourth-order valence-electron chi connectivity index (χ4n) is 1.45. The molecular weight excluding hydrogens is 350 g/mol. The highest BCUT2D eigenvalue weighted by atomic mass is 79.9. The van der Waals surface area contributed by atoms with Crippen LogP contribution >= 0.6 is 27.5 Å². The average molecular weight is 357 g/mol. The van der Waals surface area contributed by atoms with Gasteiger partial charge in [-0.3, -0.25) is 10.1 Å². The monoisotopic (exact) mass is 355 g/mol. The van der Waals surface area contributed by atoms with E-state index in [2.05, 4.69) is 15.9 Å². The molecule has 2 aromatic carbocycles. The molecule has 102 valence electrons. The van der Waals surface area contributed by atoms with Crippen molar-refractivity contribution in [3.63, 3.8) is 0 Å². The van der Waals surface area contributed by atoms with E-state index >= 15 is 0 Å². The quantitative estimate of drug-likeness (QED) is 0.357. The maximum absolute atomic E-state index is 11.9. The molecule has 0 saturated carbocycles. The summed E-state index contributed by atoms with van der Waals surface area (Å²) in [6.45, 7) is 0. The molecular formula is C13H7BrClNO4. The molecule has 0 aromatic heterocycles. The van der Waals surface area contributed by atoms with Crippen molar-refractivity contribution in [2.75, 3.05) is 0 Å². The molecule has 20 heavy (non-hydrogen) atoms. The van der Waals surface area contributed by atoms with Gasteiger partial charge >= 0.3 is 5.97 Å². The molecule has 0 spiro atoms. The second-order valence-electron chi connectivity index (χ2n) is 3.77. The second kappa shape index (κ2) is 6.02. The molecule has 0 unspecified atom stereocenters. The molecule has 0 radical (unpaired) electrons. The minimum atomic E-state index is -0.688. The normalized spacial score (nSPS) is 10.1. The van der Waals surface area contributed by atoms with Crippen LogP contribution in [0.1, 0.15) is 10.4 Å². The summed E-state index contributed by atoms with van der Waals surface area (Å²) in [6, 6.07) is 10.4. The van der Waals surface area contributed by atoms with Crippen LogP contribution < -0.4 is 4.74 Å². The van der Waals surface area contributed by atoms with Crippen molar-refractivity contribution in [1.82, 2.24) is 0 Å². The van der Waals surface area contributed by atoms with E-state index in [-0.39, 0.29) is 16.3 Å². The van der Waals surface area contributed by atoms with Crippen LogP contribution in [0.5, 0.6) is 5.75 Å². The topological polar surface area (TPSA) is 69.4 Å². The number of nitro benzene ring substituents is 1. The number of hydrogen-bond acceptors (Lipinski definition) is 4. The number of carbonyl (C=O) groups excluding carboxylic acids is 1. The van der Waals surface area contributed by atoms with Crippen LogP contribution in [-0.2, 0) is 0 Å². The van der Waals surface area contributed by atoms with Gasteiger partial charge in [-0.05, 0) is 36.4 Å². The Morgan fingerprint density at radius 3 is 2.45 bits per heavy atom. The third-order valence-electron chi connectivity index (χ3n) is 2.40. The van der Waals surface area contributed by atoms with Gasteiger partial charge in [-0.1, -0.05) is 27.5 Å². The molecule has 2 rings (SSSR count). The zero-order chi connectivity index (χ0) is 14.7. The van der Waals surface area contributed by atoms with Crippen LogP contribution in [0.3, 0.4) is 0 Å². The highest BCUT2D eigenvalue weighted by Gasteiger charge is 2.17. The van der Waals surface area contributed by atoms with Crippen LogP contribution in [0.25, 0.3) is 0 Å². The number of rotatable bonds is 3. The van der Waals surface area contributed by atoms with Crippen LogP contribution in [-0.4, -0.2) is 10.9 Å². The van der Waals surface area contributed by atoms with Crippen molar-refractivity contribution in [2.45, 2.75) is 0 Å². The molecule has 5 nitrogen and oxygen atoms in total. The first-order valence-corrected chi connectivity index (χ1v) is 6.56. The Bertz CT molecular complexity index is 673. The Morgan fingerprint density at radius 1 is 1.20 bits per heavy atom. The predicted octanol–water partition coefficient (Wildman–Crippen LogP) is 4.23. The van der Waals surface area contributed by atoms with E-state index in [4.69, 9.17) is 16.3 Å². The number of esters is 1. The van der Waals surface area contributed by atoms with Gasteiger partial charge in [0.2, 0.25) is 0 Å². The molecule has 0 amide bonds. The van der Waals surface area contributed by atoms with Gasteiger partial charge in [-0.25, -0.2) is 4.79 Å². The van der Waals surface area contributed by atoms with Gasteiger partial charge < -0.3 is 4.74 Å². The number of nitro groups is 1. The number of ether oxygens (including phenoxy) is 1. The predicted molar refractivity (Wildman–Crippen MR) is 77.2 cm³/mol. The number of nitrogens with zero attached hydrogens (tertiary/aromatic N) is 1. The van der Waals surface area contributed by atoms with E-state index in [1.165, 1.54) is 12.1 Å². The van der Waals surface area contributed by atoms with Crippen molar-refractivity contribution in [1.29, 1.82) is 0 Å². The molecule has 0 fully saturated rings. The van der Waals surface area contributed by atoms with E-state index in [9.17, 15) is 14.9 Å². The number of benzene rings is 2. The Hall–Kier alpha value is -1.92. The van der Waals surface area contributed by atoms with Gasteiger partial charge in [0.1, 0.15) is 10.8 Å². The molecule has 2 aromatic rings. The lowest BCUT2D eigenvalue weighted by molar-refractivity contribution is -0.384. The first-order valence-electron chi connectivity index (χ1n) is 5.39. The van der Waals surface area contributed by atoms with Crippen molar-refractivity contribution in [2.24, 2.45) is 0 Å². The molecule has 7 heteroatoms. The fraction of sp³-hybridized carbons (Fsp3) is 0. The van der Waals surface area contributed by atoms with Crippen LogP contribution in [0.2, 0.25) is 5.02 Å². The summed E-state index contributed by atoms with van der Waals surface area (Å²) >= 11 is 8.93. The van der Waals surface area contributed by atoms with Crippen molar-refractivity contribution < 1.29 is 14.5 Å². The Morgan fingerprint density at radius 2 is 1.85 bits per heavy atom. The maximum atomic E-state index is 11.9. The third-order valence-corrected chi connectivity index (χ3v) is 3.25. The molecule has 0 saturated heterocycles. The number of carbonyl (C=O) groups is 1. The highest BCUT2D eigenvalue weighted by Crippen LogP contribution is 2.26. The SMILES string of the molecule is O=C(Oc1ccc(Br)cc1)c1ccc(Cl)c([N+](=O)[O-])c1. The van der Waals surface area contributed by atoms with Gasteiger partial charge in [0.15, 0.2) is 0 Å². The van der Waals surface area contributed by atoms with Crippen LogP contribution in [0.15, 0.2) is 46.9 Å². The lowest BCUT2D eigenvalue weighted by Crippen LogP contribution is -2.08. The standard InChI is InChI=1S/C13H7BrClNO4/c14-9-2-4-10(5-3-9)20-13(17)8-1-6-11(15)12(7-8)16(18)19/h1-7H. The summed E-state index contributed by atoms with van der Waals surface area (Å²) in [4.78, 5) is 22.0. The van der Waals surface area contributed by atoms with Crippen LogP contribution in [0.4, 0.5) is 5.69 Å². The molecule has 0 atom stereocenters. The smallest absolute Gasteiger partial charge is 0.343 e. The first kappa shape index (κ1) is 14.5.